The Morgan fingerprint density at radius 2 is 1.90 bits per heavy atom. The lowest BCUT2D eigenvalue weighted by Gasteiger charge is -2.23. The lowest BCUT2D eigenvalue weighted by molar-refractivity contribution is -0.140. The van der Waals surface area contributed by atoms with E-state index in [-0.39, 0.29) is 18.9 Å². The number of rotatable bonds is 9. The molecule has 11 nitrogen and oxygen atoms in total. The van der Waals surface area contributed by atoms with Gasteiger partial charge >= 0.3 is 17.9 Å². The van der Waals surface area contributed by atoms with Gasteiger partial charge in [-0.15, -0.1) is 0 Å². The number of nitrogens with two attached hydrogens (primary N) is 1. The molecule has 0 spiro atoms. The summed E-state index contributed by atoms with van der Waals surface area (Å²) in [6.45, 7) is 5.56. The number of unbranched alkanes of at least 4 members (excludes halogenated alkanes) is 1. The van der Waals surface area contributed by atoms with E-state index < -0.39 is 29.6 Å². The van der Waals surface area contributed by atoms with Crippen molar-refractivity contribution in [3.8, 4) is 0 Å². The maximum atomic E-state index is 13.0. The van der Waals surface area contributed by atoms with E-state index >= 15 is 0 Å². The summed E-state index contributed by atoms with van der Waals surface area (Å²) >= 11 is 0. The number of hydrogen-bond donors (Lipinski definition) is 2. The Morgan fingerprint density at radius 1 is 1.19 bits per heavy atom. The molecule has 1 aromatic carbocycles. The fourth-order valence-electron chi connectivity index (χ4n) is 2.60. The predicted molar refractivity (Wildman–Crippen MR) is 111 cm³/mol. The zero-order valence-electron chi connectivity index (χ0n) is 17.9. The van der Waals surface area contributed by atoms with Gasteiger partial charge in [0.25, 0.3) is 5.91 Å². The first-order valence-electron chi connectivity index (χ1n) is 9.94. The van der Waals surface area contributed by atoms with Crippen molar-refractivity contribution >= 4 is 23.8 Å². The molecule has 0 bridgehead atoms. The number of alkyl carbamates (subject to hydrolysis) is 1. The van der Waals surface area contributed by atoms with Crippen LogP contribution < -0.4 is 16.3 Å². The maximum Gasteiger partial charge on any atom is 0.408 e. The van der Waals surface area contributed by atoms with Crippen molar-refractivity contribution in [2.24, 2.45) is 16.1 Å². The second-order valence-corrected chi connectivity index (χ2v) is 7.80. The third kappa shape index (κ3) is 7.78. The Hall–Kier alpha value is -3.34. The molecular weight excluding hydrogens is 404 g/mol. The third-order valence-electron chi connectivity index (χ3n) is 4.01. The van der Waals surface area contributed by atoms with Crippen molar-refractivity contribution in [3.05, 3.63) is 35.9 Å². The molecule has 3 N–H and O–H groups in total. The van der Waals surface area contributed by atoms with Crippen molar-refractivity contribution in [1.29, 1.82) is 0 Å². The third-order valence-corrected chi connectivity index (χ3v) is 4.01. The number of benzene rings is 1. The van der Waals surface area contributed by atoms with Gasteiger partial charge in [-0.1, -0.05) is 30.3 Å². The van der Waals surface area contributed by atoms with Gasteiger partial charge in [-0.05, 0) is 57.2 Å². The molecule has 1 aliphatic rings. The fraction of sp³-hybridized carbons (Fsp3) is 0.500. The number of carbonyl (C=O) groups excluding carboxylic acids is 3. The summed E-state index contributed by atoms with van der Waals surface area (Å²) in [5, 5.41) is 13.9. The Morgan fingerprint density at radius 3 is 2.55 bits per heavy atom. The predicted octanol–water partition coefficient (Wildman–Crippen LogP) is 1.61. The molecule has 1 radical (unpaired) electrons. The van der Waals surface area contributed by atoms with Crippen molar-refractivity contribution < 1.29 is 23.9 Å². The largest absolute Gasteiger partial charge is 0.453 e. The van der Waals surface area contributed by atoms with Crippen LogP contribution >= 0.6 is 0 Å². The first-order valence-corrected chi connectivity index (χ1v) is 9.94. The smallest absolute Gasteiger partial charge is 0.408 e. The molecule has 0 aromatic heterocycles. The molecule has 167 valence electrons. The number of ether oxygens (including phenoxy) is 2. The van der Waals surface area contributed by atoms with Crippen LogP contribution in [0.5, 0.6) is 0 Å². The number of nitrogens with zero attached hydrogens (tertiary/aromatic N) is 4. The van der Waals surface area contributed by atoms with Crippen LogP contribution in [0.25, 0.3) is 0 Å². The van der Waals surface area contributed by atoms with Crippen LogP contribution in [0.1, 0.15) is 45.6 Å². The highest BCUT2D eigenvalue weighted by Gasteiger charge is 2.44. The molecule has 1 atom stereocenters. The van der Waals surface area contributed by atoms with Gasteiger partial charge in [-0.25, -0.2) is 9.59 Å². The minimum absolute atomic E-state index is 0.00316. The Bertz CT molecular complexity index is 834. The van der Waals surface area contributed by atoms with Crippen molar-refractivity contribution in [2.75, 3.05) is 6.54 Å². The summed E-state index contributed by atoms with van der Waals surface area (Å²) in [6.07, 6.45) is 0.730. The van der Waals surface area contributed by atoms with Crippen LogP contribution in [-0.4, -0.2) is 47.0 Å². The Kier molecular flexibility index (Phi) is 8.62. The van der Waals surface area contributed by atoms with Gasteiger partial charge in [0, 0.05) is 0 Å². The molecule has 2 rings (SSSR count). The van der Waals surface area contributed by atoms with E-state index in [4.69, 9.17) is 15.2 Å². The van der Waals surface area contributed by atoms with E-state index in [0.29, 0.717) is 19.4 Å². The number of amidine groups is 1. The van der Waals surface area contributed by atoms with Crippen molar-refractivity contribution in [2.45, 2.75) is 58.3 Å². The minimum atomic E-state index is -1.01. The van der Waals surface area contributed by atoms with Crippen molar-refractivity contribution in [3.63, 3.8) is 0 Å². The standard InChI is InChI=1S/C20H28N6O5/c1-20(2,3)31-19(29)22-15(11-7-8-12-21)17(27)26-16(23-24-25-26)18(28)30-13-14-9-5-4-6-10-14/h4-6,9-10,15H,7-8,11-13,21H2,1-3H3,(H,22,29)/q+1/t15-/m0/s1. The van der Waals surface area contributed by atoms with E-state index in [1.165, 1.54) is 0 Å². The molecule has 0 saturated carbocycles. The normalized spacial score (nSPS) is 14.1. The molecule has 1 heterocycles. The van der Waals surface area contributed by atoms with Crippen LogP contribution in [-0.2, 0) is 25.7 Å². The first kappa shape index (κ1) is 23.9. The van der Waals surface area contributed by atoms with Gasteiger partial charge in [-0.3, -0.25) is 4.79 Å². The summed E-state index contributed by atoms with van der Waals surface area (Å²) in [7, 11) is 0. The van der Waals surface area contributed by atoms with Crippen LogP contribution in [0, 0.1) is 0 Å². The van der Waals surface area contributed by atoms with Crippen molar-refractivity contribution in [1.82, 2.24) is 15.5 Å². The van der Waals surface area contributed by atoms with Gasteiger partial charge in [-0.2, -0.15) is 0 Å². The van der Waals surface area contributed by atoms with E-state index in [1.54, 1.807) is 32.9 Å². The Balaban J connectivity index is 2.05. The molecule has 11 heteroatoms. The summed E-state index contributed by atoms with van der Waals surface area (Å²) in [5.74, 6) is -1.92. The zero-order valence-corrected chi connectivity index (χ0v) is 17.9. The number of nitrogens with one attached hydrogen (secondary N) is 1. The van der Waals surface area contributed by atoms with Crippen LogP contribution in [0.3, 0.4) is 0 Å². The molecule has 0 aliphatic carbocycles. The lowest BCUT2D eigenvalue weighted by Crippen LogP contribution is -2.52. The zero-order chi connectivity index (χ0) is 22.9. The summed E-state index contributed by atoms with van der Waals surface area (Å²) in [5.41, 5.74) is 5.55. The molecule has 0 fully saturated rings. The lowest BCUT2D eigenvalue weighted by atomic mass is 10.1. The molecule has 31 heavy (non-hydrogen) atoms. The van der Waals surface area contributed by atoms with Crippen LogP contribution in [0.4, 0.5) is 4.79 Å². The number of esters is 1. The quantitative estimate of drug-likeness (QED) is 0.447. The molecule has 1 aliphatic heterocycles. The van der Waals surface area contributed by atoms with Gasteiger partial charge < -0.3 is 20.5 Å². The summed E-state index contributed by atoms with van der Waals surface area (Å²) < 4.78 is 10.4. The molecule has 0 saturated heterocycles. The molecular formula is C20H28N6O5+. The molecule has 1 aromatic rings. The minimum Gasteiger partial charge on any atom is -0.453 e. The summed E-state index contributed by atoms with van der Waals surface area (Å²) in [6, 6.07) is 8.04. The fourth-order valence-corrected chi connectivity index (χ4v) is 2.60. The number of carbonyl (C=O) groups is 3. The highest BCUT2D eigenvalue weighted by Crippen LogP contribution is 2.12. The van der Waals surface area contributed by atoms with E-state index in [1.807, 2.05) is 18.2 Å². The second-order valence-electron chi connectivity index (χ2n) is 7.80. The second kappa shape index (κ2) is 11.2. The first-order chi connectivity index (χ1) is 14.7. The number of amides is 2. The average molecular weight is 432 g/mol. The van der Waals surface area contributed by atoms with Gasteiger partial charge in [0.05, 0.1) is 0 Å². The van der Waals surface area contributed by atoms with Crippen LogP contribution in [0.2, 0.25) is 0 Å². The van der Waals surface area contributed by atoms with Gasteiger partial charge in [0.1, 0.15) is 23.4 Å². The molecule has 2 amide bonds. The van der Waals surface area contributed by atoms with E-state index in [9.17, 15) is 14.4 Å². The SMILES string of the molecule is CC(C)(C)OC(=O)N[C@@H](CCCCN)C(=O)N1[N+]=NN=C1C(=O)OCc1ccccc1. The van der Waals surface area contributed by atoms with Gasteiger partial charge in [0.2, 0.25) is 5.22 Å². The monoisotopic (exact) mass is 432 g/mol. The Labute approximate surface area is 180 Å². The highest BCUT2D eigenvalue weighted by atomic mass is 16.6. The molecule has 0 unspecified atom stereocenters. The average Bonchev–Trinajstić information content (AvgIpc) is 3.20. The highest BCUT2D eigenvalue weighted by molar-refractivity contribution is 6.38. The van der Waals surface area contributed by atoms with E-state index in [0.717, 1.165) is 10.6 Å². The van der Waals surface area contributed by atoms with Crippen LogP contribution in [0.15, 0.2) is 40.7 Å². The topological polar surface area (TPSA) is 150 Å². The van der Waals surface area contributed by atoms with E-state index in [2.05, 4.69) is 20.9 Å². The summed E-state index contributed by atoms with van der Waals surface area (Å²) in [4.78, 5) is 37.6. The maximum absolute atomic E-state index is 13.0. The number of hydrogen-bond acceptors (Lipinski definition) is 9. The van der Waals surface area contributed by atoms with Gasteiger partial charge in [0.15, 0.2) is 5.22 Å².